The zero-order valence-electron chi connectivity index (χ0n) is 11.4. The molecule has 100 valence electrons. The van der Waals surface area contributed by atoms with Crippen molar-refractivity contribution in [3.8, 4) is 0 Å². The van der Waals surface area contributed by atoms with E-state index in [1.54, 1.807) is 10.9 Å². The van der Waals surface area contributed by atoms with Crippen molar-refractivity contribution >= 4 is 6.20 Å². The van der Waals surface area contributed by atoms with E-state index in [-0.39, 0.29) is 0 Å². The van der Waals surface area contributed by atoms with Crippen molar-refractivity contribution in [3.63, 3.8) is 0 Å². The molecular formula is C15H25N3. The van der Waals surface area contributed by atoms with Crippen LogP contribution < -0.4 is 5.32 Å². The summed E-state index contributed by atoms with van der Waals surface area (Å²) in [5.41, 5.74) is 1.23. The van der Waals surface area contributed by atoms with Gasteiger partial charge >= 0.3 is 0 Å². The van der Waals surface area contributed by atoms with Crippen LogP contribution in [0.15, 0.2) is 19.0 Å². The zero-order valence-corrected chi connectivity index (χ0v) is 11.4. The predicted molar refractivity (Wildman–Crippen MR) is 76.1 cm³/mol. The molecule has 0 aliphatic heterocycles. The quantitative estimate of drug-likeness (QED) is 0.782. The van der Waals surface area contributed by atoms with Gasteiger partial charge in [-0.2, -0.15) is 5.10 Å². The van der Waals surface area contributed by atoms with Crippen LogP contribution in [-0.4, -0.2) is 16.3 Å². The highest BCUT2D eigenvalue weighted by atomic mass is 15.2. The lowest BCUT2D eigenvalue weighted by atomic mass is 9.81. The molecule has 0 amide bonds. The number of aromatic nitrogens is 2. The molecule has 1 fully saturated rings. The van der Waals surface area contributed by atoms with E-state index >= 15 is 0 Å². The first kappa shape index (κ1) is 13.3. The lowest BCUT2D eigenvalue weighted by Crippen LogP contribution is -2.20. The standard InChI is InChI=1S/C15H25N3/c1-3-18-12-15(11-17-18)10-16-8-7-14-6-4-5-13(2)9-14/h3,11-14,16H,1,4-10H2,2H3. The fraction of sp³-hybridized carbons (Fsp3) is 0.667. The lowest BCUT2D eigenvalue weighted by molar-refractivity contribution is 0.267. The Hall–Kier alpha value is -1.09. The van der Waals surface area contributed by atoms with Crippen LogP contribution in [-0.2, 0) is 6.54 Å². The highest BCUT2D eigenvalue weighted by Gasteiger charge is 2.17. The molecule has 0 saturated heterocycles. The van der Waals surface area contributed by atoms with Gasteiger partial charge in [-0.3, -0.25) is 0 Å². The van der Waals surface area contributed by atoms with Gasteiger partial charge < -0.3 is 5.32 Å². The summed E-state index contributed by atoms with van der Waals surface area (Å²) in [6.07, 6.45) is 12.7. The minimum absolute atomic E-state index is 0.913. The van der Waals surface area contributed by atoms with E-state index in [1.807, 2.05) is 12.4 Å². The van der Waals surface area contributed by atoms with E-state index in [9.17, 15) is 0 Å². The van der Waals surface area contributed by atoms with Crippen molar-refractivity contribution in [1.29, 1.82) is 0 Å². The molecule has 2 atom stereocenters. The summed E-state index contributed by atoms with van der Waals surface area (Å²) in [5.74, 6) is 1.88. The first-order chi connectivity index (χ1) is 8.78. The Kier molecular flexibility index (Phi) is 5.00. The van der Waals surface area contributed by atoms with Crippen molar-refractivity contribution in [3.05, 3.63) is 24.5 Å². The Labute approximate surface area is 110 Å². The summed E-state index contributed by atoms with van der Waals surface area (Å²) >= 11 is 0. The number of nitrogens with one attached hydrogen (secondary N) is 1. The van der Waals surface area contributed by atoms with Crippen LogP contribution in [0.3, 0.4) is 0 Å². The van der Waals surface area contributed by atoms with Gasteiger partial charge in [-0.1, -0.05) is 32.8 Å². The van der Waals surface area contributed by atoms with Crippen LogP contribution in [0.2, 0.25) is 0 Å². The van der Waals surface area contributed by atoms with Gasteiger partial charge in [0.25, 0.3) is 0 Å². The van der Waals surface area contributed by atoms with Crippen molar-refractivity contribution in [2.45, 2.75) is 45.6 Å². The number of hydrogen-bond donors (Lipinski definition) is 1. The van der Waals surface area contributed by atoms with Gasteiger partial charge in [-0.05, 0) is 31.2 Å². The smallest absolute Gasteiger partial charge is 0.0538 e. The molecule has 3 heteroatoms. The second kappa shape index (κ2) is 6.74. The normalized spacial score (nSPS) is 24.1. The zero-order chi connectivity index (χ0) is 12.8. The Bertz CT molecular complexity index is 370. The van der Waals surface area contributed by atoms with Crippen LogP contribution in [0.5, 0.6) is 0 Å². The van der Waals surface area contributed by atoms with Crippen LogP contribution in [0, 0.1) is 11.8 Å². The molecule has 1 aliphatic carbocycles. The topological polar surface area (TPSA) is 29.9 Å². The molecule has 0 bridgehead atoms. The Balaban J connectivity index is 1.62. The van der Waals surface area contributed by atoms with Crippen LogP contribution in [0.4, 0.5) is 0 Å². The van der Waals surface area contributed by atoms with E-state index < -0.39 is 0 Å². The molecule has 1 aromatic heterocycles. The van der Waals surface area contributed by atoms with Crippen molar-refractivity contribution in [2.24, 2.45) is 11.8 Å². The molecule has 1 N–H and O–H groups in total. The van der Waals surface area contributed by atoms with Crippen LogP contribution in [0.25, 0.3) is 6.20 Å². The molecule has 1 aliphatic rings. The van der Waals surface area contributed by atoms with E-state index in [2.05, 4.69) is 23.9 Å². The number of hydrogen-bond acceptors (Lipinski definition) is 2. The highest BCUT2D eigenvalue weighted by molar-refractivity contribution is 5.17. The summed E-state index contributed by atoms with van der Waals surface area (Å²) < 4.78 is 1.75. The second-order valence-electron chi connectivity index (χ2n) is 5.61. The van der Waals surface area contributed by atoms with Crippen molar-refractivity contribution in [2.75, 3.05) is 6.54 Å². The second-order valence-corrected chi connectivity index (χ2v) is 5.61. The van der Waals surface area contributed by atoms with Crippen molar-refractivity contribution in [1.82, 2.24) is 15.1 Å². The number of rotatable bonds is 6. The minimum Gasteiger partial charge on any atom is -0.313 e. The van der Waals surface area contributed by atoms with Gasteiger partial charge in [0.05, 0.1) is 6.20 Å². The molecule has 18 heavy (non-hydrogen) atoms. The summed E-state index contributed by atoms with van der Waals surface area (Å²) in [7, 11) is 0. The molecule has 1 heterocycles. The molecule has 3 nitrogen and oxygen atoms in total. The first-order valence-electron chi connectivity index (χ1n) is 7.14. The van der Waals surface area contributed by atoms with Crippen LogP contribution in [0.1, 0.15) is 44.6 Å². The molecule has 1 aromatic rings. The van der Waals surface area contributed by atoms with Gasteiger partial charge in [-0.15, -0.1) is 0 Å². The summed E-state index contributed by atoms with van der Waals surface area (Å²) in [6, 6.07) is 0. The third-order valence-corrected chi connectivity index (χ3v) is 3.95. The highest BCUT2D eigenvalue weighted by Crippen LogP contribution is 2.30. The average Bonchev–Trinajstić information content (AvgIpc) is 2.83. The fourth-order valence-corrected chi connectivity index (χ4v) is 2.93. The van der Waals surface area contributed by atoms with Gasteiger partial charge in [0.2, 0.25) is 0 Å². The van der Waals surface area contributed by atoms with E-state index in [0.717, 1.165) is 24.9 Å². The SMILES string of the molecule is C=Cn1cc(CNCCC2CCCC(C)C2)cn1. The van der Waals surface area contributed by atoms with E-state index in [1.165, 1.54) is 37.7 Å². The minimum atomic E-state index is 0.913. The third kappa shape index (κ3) is 3.98. The molecule has 2 unspecified atom stereocenters. The van der Waals surface area contributed by atoms with E-state index in [0.29, 0.717) is 0 Å². The molecular weight excluding hydrogens is 222 g/mol. The fourth-order valence-electron chi connectivity index (χ4n) is 2.93. The Morgan fingerprint density at radius 1 is 1.56 bits per heavy atom. The maximum absolute atomic E-state index is 4.17. The molecule has 0 radical (unpaired) electrons. The molecule has 0 spiro atoms. The summed E-state index contributed by atoms with van der Waals surface area (Å²) in [6.45, 7) is 8.12. The predicted octanol–water partition coefficient (Wildman–Crippen LogP) is 3.29. The average molecular weight is 247 g/mol. The molecule has 2 rings (SSSR count). The Morgan fingerprint density at radius 3 is 3.17 bits per heavy atom. The number of nitrogens with zero attached hydrogens (tertiary/aromatic N) is 2. The van der Waals surface area contributed by atoms with Gasteiger partial charge in [0, 0.05) is 24.5 Å². The summed E-state index contributed by atoms with van der Waals surface area (Å²) in [4.78, 5) is 0. The first-order valence-corrected chi connectivity index (χ1v) is 7.14. The van der Waals surface area contributed by atoms with Gasteiger partial charge in [0.15, 0.2) is 0 Å². The summed E-state index contributed by atoms with van der Waals surface area (Å²) in [5, 5.41) is 7.69. The monoisotopic (exact) mass is 247 g/mol. The Morgan fingerprint density at radius 2 is 2.44 bits per heavy atom. The molecule has 0 aromatic carbocycles. The third-order valence-electron chi connectivity index (χ3n) is 3.95. The van der Waals surface area contributed by atoms with Gasteiger partial charge in [-0.25, -0.2) is 4.68 Å². The largest absolute Gasteiger partial charge is 0.313 e. The molecule has 1 saturated carbocycles. The van der Waals surface area contributed by atoms with E-state index in [4.69, 9.17) is 0 Å². The van der Waals surface area contributed by atoms with Crippen molar-refractivity contribution < 1.29 is 0 Å². The maximum Gasteiger partial charge on any atom is 0.0538 e. The van der Waals surface area contributed by atoms with Gasteiger partial charge in [0.1, 0.15) is 0 Å². The van der Waals surface area contributed by atoms with Crippen LogP contribution >= 0.6 is 0 Å². The lowest BCUT2D eigenvalue weighted by Gasteiger charge is -2.26. The maximum atomic E-state index is 4.17.